The molecule has 19 heavy (non-hydrogen) atoms. The van der Waals surface area contributed by atoms with Crippen LogP contribution in [0.3, 0.4) is 0 Å². The van der Waals surface area contributed by atoms with Crippen LogP contribution >= 0.6 is 7.60 Å². The molecule has 0 spiro atoms. The van der Waals surface area contributed by atoms with Crippen molar-refractivity contribution >= 4 is 13.6 Å². The van der Waals surface area contributed by atoms with Gasteiger partial charge in [-0.3, -0.25) is 4.57 Å². The van der Waals surface area contributed by atoms with Gasteiger partial charge < -0.3 is 13.8 Å². The quantitative estimate of drug-likeness (QED) is 0.283. The molecule has 0 heterocycles. The molecule has 0 bridgehead atoms. The van der Waals surface area contributed by atoms with Gasteiger partial charge in [-0.2, -0.15) is 8.78 Å². The molecule has 5 nitrogen and oxygen atoms in total. The summed E-state index contributed by atoms with van der Waals surface area (Å²) < 4.78 is 52.7. The number of hydrogen-bond donors (Lipinski definition) is 0. The molecular formula is C11H17F2O5P. The predicted octanol–water partition coefficient (Wildman–Crippen LogP) is 3.13. The van der Waals surface area contributed by atoms with Crippen LogP contribution in [0.25, 0.3) is 0 Å². The Morgan fingerprint density at radius 3 is 2.26 bits per heavy atom. The Balaban J connectivity index is 4.90. The maximum absolute atomic E-state index is 13.7. The van der Waals surface area contributed by atoms with Crippen molar-refractivity contribution in [3.05, 3.63) is 24.8 Å². The molecule has 0 aromatic rings. The minimum Gasteiger partial charge on any atom is -0.458 e. The molecule has 0 aromatic carbocycles. The molecule has 0 saturated carbocycles. The number of halogens is 2. The number of allylic oxidation sites excluding steroid dienone is 1. The first-order valence-corrected chi connectivity index (χ1v) is 7.11. The molecule has 8 heteroatoms. The number of carbonyl (C=O) groups excluding carboxylic acids is 1. The van der Waals surface area contributed by atoms with E-state index in [1.165, 1.54) is 19.9 Å². The number of esters is 1. The van der Waals surface area contributed by atoms with Crippen molar-refractivity contribution in [2.45, 2.75) is 19.5 Å². The van der Waals surface area contributed by atoms with Crippen molar-refractivity contribution in [1.82, 2.24) is 0 Å². The molecule has 0 aliphatic rings. The van der Waals surface area contributed by atoms with Crippen LogP contribution in [0, 0.1) is 0 Å². The molecule has 0 atom stereocenters. The number of alkyl halides is 2. The highest BCUT2D eigenvalue weighted by molar-refractivity contribution is 7.55. The standard InChI is InChI=1S/C11H17F2O5P/c1-4-9-16-10(14)7-8-11(12,13)19(15,17-5-2)18-6-3/h4,7-8H,1,5-6,9H2,2-3H3/b8-7+. The fraction of sp³-hybridized carbons (Fsp3) is 0.545. The van der Waals surface area contributed by atoms with Gasteiger partial charge in [-0.15, -0.1) is 0 Å². The summed E-state index contributed by atoms with van der Waals surface area (Å²) in [7, 11) is -4.65. The molecule has 0 amide bonds. The molecule has 0 unspecified atom stereocenters. The van der Waals surface area contributed by atoms with E-state index in [4.69, 9.17) is 0 Å². The lowest BCUT2D eigenvalue weighted by atomic mass is 10.5. The van der Waals surface area contributed by atoms with E-state index >= 15 is 0 Å². The van der Waals surface area contributed by atoms with E-state index in [2.05, 4.69) is 20.4 Å². The largest absolute Gasteiger partial charge is 0.458 e. The lowest BCUT2D eigenvalue weighted by Crippen LogP contribution is -2.18. The van der Waals surface area contributed by atoms with Crippen molar-refractivity contribution in [2.75, 3.05) is 19.8 Å². The van der Waals surface area contributed by atoms with Gasteiger partial charge in [-0.25, -0.2) is 4.79 Å². The fourth-order valence-corrected chi connectivity index (χ4v) is 2.35. The zero-order chi connectivity index (χ0) is 14.9. The Morgan fingerprint density at radius 2 is 1.84 bits per heavy atom. The van der Waals surface area contributed by atoms with E-state index in [0.717, 1.165) is 0 Å². The van der Waals surface area contributed by atoms with Gasteiger partial charge in [0.2, 0.25) is 0 Å². The molecule has 0 aliphatic carbocycles. The van der Waals surface area contributed by atoms with Crippen LogP contribution in [0.5, 0.6) is 0 Å². The summed E-state index contributed by atoms with van der Waals surface area (Å²) >= 11 is 0. The zero-order valence-corrected chi connectivity index (χ0v) is 11.7. The Bertz CT molecular complexity index is 371. The fourth-order valence-electron chi connectivity index (χ4n) is 0.998. The average Bonchev–Trinajstić information content (AvgIpc) is 2.34. The molecule has 0 saturated heterocycles. The lowest BCUT2D eigenvalue weighted by Gasteiger charge is -2.22. The molecule has 0 fully saturated rings. The van der Waals surface area contributed by atoms with Gasteiger partial charge in [0.1, 0.15) is 6.61 Å². The number of hydrogen-bond acceptors (Lipinski definition) is 5. The highest BCUT2D eigenvalue weighted by Crippen LogP contribution is 2.62. The number of rotatable bonds is 9. The summed E-state index contributed by atoms with van der Waals surface area (Å²) in [4.78, 5) is 11.0. The molecular weight excluding hydrogens is 281 g/mol. The first kappa shape index (κ1) is 18.0. The Hall–Kier alpha value is -1.04. The van der Waals surface area contributed by atoms with E-state index in [9.17, 15) is 18.1 Å². The summed E-state index contributed by atoms with van der Waals surface area (Å²) in [6.07, 6.45) is 1.92. The van der Waals surface area contributed by atoms with Crippen molar-refractivity contribution in [3.8, 4) is 0 Å². The highest BCUT2D eigenvalue weighted by atomic mass is 31.2. The Labute approximate surface area is 110 Å². The molecule has 0 radical (unpaired) electrons. The topological polar surface area (TPSA) is 61.8 Å². The van der Waals surface area contributed by atoms with Crippen molar-refractivity contribution in [3.63, 3.8) is 0 Å². The minimum atomic E-state index is -4.65. The summed E-state index contributed by atoms with van der Waals surface area (Å²) in [6.45, 7) is 5.59. The second-order valence-electron chi connectivity index (χ2n) is 3.17. The molecule has 110 valence electrons. The van der Waals surface area contributed by atoms with Gasteiger partial charge in [0.15, 0.2) is 0 Å². The van der Waals surface area contributed by atoms with E-state index in [0.29, 0.717) is 6.08 Å². The highest BCUT2D eigenvalue weighted by Gasteiger charge is 2.51. The third kappa shape index (κ3) is 5.63. The van der Waals surface area contributed by atoms with Gasteiger partial charge >= 0.3 is 19.2 Å². The predicted molar refractivity (Wildman–Crippen MR) is 66.1 cm³/mol. The van der Waals surface area contributed by atoms with Crippen molar-refractivity contribution in [2.24, 2.45) is 0 Å². The van der Waals surface area contributed by atoms with Crippen LogP contribution < -0.4 is 0 Å². The third-order valence-corrected chi connectivity index (χ3v) is 3.80. The monoisotopic (exact) mass is 298 g/mol. The number of ether oxygens (including phenoxy) is 1. The van der Waals surface area contributed by atoms with Crippen LogP contribution in [-0.2, 0) is 23.1 Å². The summed E-state index contributed by atoms with van der Waals surface area (Å²) in [6, 6.07) is 0. The van der Waals surface area contributed by atoms with Gasteiger partial charge in [-0.1, -0.05) is 12.7 Å². The van der Waals surface area contributed by atoms with E-state index in [1.54, 1.807) is 0 Å². The summed E-state index contributed by atoms with van der Waals surface area (Å²) in [5.74, 6) is -1.00. The van der Waals surface area contributed by atoms with E-state index in [-0.39, 0.29) is 25.9 Å². The maximum atomic E-state index is 13.7. The van der Waals surface area contributed by atoms with Gasteiger partial charge in [0.05, 0.1) is 13.2 Å². The zero-order valence-electron chi connectivity index (χ0n) is 10.8. The van der Waals surface area contributed by atoms with Crippen LogP contribution in [0.2, 0.25) is 0 Å². The number of carbonyl (C=O) groups is 1. The molecule has 0 rings (SSSR count). The van der Waals surface area contributed by atoms with Gasteiger partial charge in [0, 0.05) is 12.2 Å². The Kier molecular flexibility index (Phi) is 7.75. The third-order valence-electron chi connectivity index (χ3n) is 1.73. The van der Waals surface area contributed by atoms with E-state index in [1.807, 2.05) is 0 Å². The minimum absolute atomic E-state index is 0.108. The molecule has 0 aromatic heterocycles. The Morgan fingerprint density at radius 1 is 1.32 bits per heavy atom. The summed E-state index contributed by atoms with van der Waals surface area (Å²) in [5, 5.41) is 0. The van der Waals surface area contributed by atoms with E-state index < -0.39 is 19.2 Å². The first-order valence-electron chi connectivity index (χ1n) is 5.56. The van der Waals surface area contributed by atoms with Crippen LogP contribution in [0.4, 0.5) is 8.78 Å². The van der Waals surface area contributed by atoms with Crippen LogP contribution in [0.1, 0.15) is 13.8 Å². The average molecular weight is 298 g/mol. The van der Waals surface area contributed by atoms with Gasteiger partial charge in [-0.05, 0) is 13.8 Å². The SMILES string of the molecule is C=CCOC(=O)/C=C/C(F)(F)P(=O)(OCC)OCC. The normalized spacial score (nSPS) is 12.6. The molecule has 0 aliphatic heterocycles. The second kappa shape index (κ2) is 8.19. The van der Waals surface area contributed by atoms with Gasteiger partial charge in [0.25, 0.3) is 0 Å². The second-order valence-corrected chi connectivity index (χ2v) is 5.28. The summed E-state index contributed by atoms with van der Waals surface area (Å²) in [5.41, 5.74) is -3.91. The van der Waals surface area contributed by atoms with Crippen LogP contribution in [-0.4, -0.2) is 31.5 Å². The van der Waals surface area contributed by atoms with Crippen molar-refractivity contribution in [1.29, 1.82) is 0 Å². The first-order chi connectivity index (χ1) is 8.83. The van der Waals surface area contributed by atoms with Crippen molar-refractivity contribution < 1.29 is 31.9 Å². The maximum Gasteiger partial charge on any atom is 0.403 e. The van der Waals surface area contributed by atoms with Crippen LogP contribution in [0.15, 0.2) is 24.8 Å². The molecule has 0 N–H and O–H groups in total. The smallest absolute Gasteiger partial charge is 0.403 e. The lowest BCUT2D eigenvalue weighted by molar-refractivity contribution is -0.136.